The number of nitrogens with two attached hydrogens (primary N) is 1. The Morgan fingerprint density at radius 3 is 2.72 bits per heavy atom. The molecule has 102 valence electrons. The Bertz CT molecular complexity index is 399. The Morgan fingerprint density at radius 1 is 1.61 bits per heavy atom. The normalized spacial score (nSPS) is 14.6. The van der Waals surface area contributed by atoms with Gasteiger partial charge in [0.05, 0.1) is 11.7 Å². The van der Waals surface area contributed by atoms with E-state index in [0.29, 0.717) is 25.3 Å². The zero-order valence-electron chi connectivity index (χ0n) is 11.7. The standard InChI is InChI=1S/C13H24N4O/c1-10(2)13(3,9-14)16-12(18)6-5-11-7-15-17(4)8-11/h7-8,10H,5-6,9,14H2,1-4H3,(H,16,18). The lowest BCUT2D eigenvalue weighted by atomic mass is 9.88. The van der Waals surface area contributed by atoms with E-state index in [1.807, 2.05) is 20.2 Å². The minimum atomic E-state index is -0.327. The fraction of sp³-hybridized carbons (Fsp3) is 0.692. The number of aromatic nitrogens is 2. The molecule has 0 aliphatic heterocycles. The van der Waals surface area contributed by atoms with Crippen molar-refractivity contribution in [2.24, 2.45) is 18.7 Å². The summed E-state index contributed by atoms with van der Waals surface area (Å²) in [6.45, 7) is 6.56. The first kappa shape index (κ1) is 14.7. The Kier molecular flexibility index (Phi) is 4.90. The van der Waals surface area contributed by atoms with Crippen molar-refractivity contribution in [1.82, 2.24) is 15.1 Å². The number of aryl methyl sites for hydroxylation is 2. The molecule has 5 nitrogen and oxygen atoms in total. The quantitative estimate of drug-likeness (QED) is 0.788. The summed E-state index contributed by atoms with van der Waals surface area (Å²) in [5.41, 5.74) is 6.49. The predicted molar refractivity (Wildman–Crippen MR) is 72.0 cm³/mol. The van der Waals surface area contributed by atoms with Crippen LogP contribution >= 0.6 is 0 Å². The minimum absolute atomic E-state index is 0.0421. The number of amides is 1. The molecule has 18 heavy (non-hydrogen) atoms. The predicted octanol–water partition coefficient (Wildman–Crippen LogP) is 0.842. The first-order valence-electron chi connectivity index (χ1n) is 6.36. The van der Waals surface area contributed by atoms with Gasteiger partial charge in [0.2, 0.25) is 5.91 Å². The van der Waals surface area contributed by atoms with Gasteiger partial charge in [-0.1, -0.05) is 13.8 Å². The molecule has 0 aliphatic rings. The van der Waals surface area contributed by atoms with E-state index in [1.54, 1.807) is 10.9 Å². The van der Waals surface area contributed by atoms with Crippen molar-refractivity contribution in [1.29, 1.82) is 0 Å². The second kappa shape index (κ2) is 6.00. The molecule has 1 heterocycles. The molecule has 0 spiro atoms. The monoisotopic (exact) mass is 252 g/mol. The van der Waals surface area contributed by atoms with E-state index < -0.39 is 0 Å². The molecule has 3 N–H and O–H groups in total. The van der Waals surface area contributed by atoms with Crippen LogP contribution in [-0.4, -0.2) is 27.8 Å². The third-order valence-corrected chi connectivity index (χ3v) is 3.52. The molecule has 0 aromatic carbocycles. The lowest BCUT2D eigenvalue weighted by Crippen LogP contribution is -2.55. The zero-order chi connectivity index (χ0) is 13.8. The second-order valence-electron chi connectivity index (χ2n) is 5.35. The SMILES string of the molecule is CC(C)C(C)(CN)NC(=O)CCc1cnn(C)c1. The van der Waals surface area contributed by atoms with Crippen molar-refractivity contribution in [3.8, 4) is 0 Å². The maximum absolute atomic E-state index is 11.9. The summed E-state index contributed by atoms with van der Waals surface area (Å²) in [7, 11) is 1.87. The first-order valence-corrected chi connectivity index (χ1v) is 6.36. The van der Waals surface area contributed by atoms with E-state index in [2.05, 4.69) is 24.3 Å². The van der Waals surface area contributed by atoms with Crippen molar-refractivity contribution >= 4 is 5.91 Å². The van der Waals surface area contributed by atoms with E-state index in [0.717, 1.165) is 5.56 Å². The number of nitrogens with zero attached hydrogens (tertiary/aromatic N) is 2. The highest BCUT2D eigenvalue weighted by Gasteiger charge is 2.28. The van der Waals surface area contributed by atoms with E-state index in [9.17, 15) is 4.79 Å². The molecule has 5 heteroatoms. The van der Waals surface area contributed by atoms with Gasteiger partial charge in [-0.15, -0.1) is 0 Å². The molecule has 1 aromatic heterocycles. The van der Waals surface area contributed by atoms with Crippen LogP contribution in [0.1, 0.15) is 32.8 Å². The Balaban J connectivity index is 2.46. The van der Waals surface area contributed by atoms with Crippen molar-refractivity contribution in [3.05, 3.63) is 18.0 Å². The van der Waals surface area contributed by atoms with Crippen LogP contribution < -0.4 is 11.1 Å². The smallest absolute Gasteiger partial charge is 0.220 e. The molecule has 0 radical (unpaired) electrons. The average Bonchev–Trinajstić information content (AvgIpc) is 2.72. The molecule has 0 fully saturated rings. The molecule has 0 bridgehead atoms. The van der Waals surface area contributed by atoms with Crippen molar-refractivity contribution in [2.45, 2.75) is 39.2 Å². The molecule has 1 unspecified atom stereocenters. The highest BCUT2D eigenvalue weighted by atomic mass is 16.1. The molecular weight excluding hydrogens is 228 g/mol. The van der Waals surface area contributed by atoms with E-state index in [4.69, 9.17) is 5.73 Å². The van der Waals surface area contributed by atoms with Crippen LogP contribution in [0.15, 0.2) is 12.4 Å². The summed E-state index contributed by atoms with van der Waals surface area (Å²) in [6, 6.07) is 0. The number of rotatable bonds is 6. The van der Waals surface area contributed by atoms with Crippen LogP contribution in [0.5, 0.6) is 0 Å². The first-order chi connectivity index (χ1) is 8.37. The number of nitrogens with one attached hydrogen (secondary N) is 1. The highest BCUT2D eigenvalue weighted by molar-refractivity contribution is 5.77. The summed E-state index contributed by atoms with van der Waals surface area (Å²) >= 11 is 0. The van der Waals surface area contributed by atoms with Gasteiger partial charge in [-0.2, -0.15) is 5.10 Å². The fourth-order valence-electron chi connectivity index (χ4n) is 1.67. The summed E-state index contributed by atoms with van der Waals surface area (Å²) in [5.74, 6) is 0.352. The van der Waals surface area contributed by atoms with Crippen molar-refractivity contribution < 1.29 is 4.79 Å². The maximum atomic E-state index is 11.9. The van der Waals surface area contributed by atoms with Crippen LogP contribution in [0.2, 0.25) is 0 Å². The third-order valence-electron chi connectivity index (χ3n) is 3.52. The summed E-state index contributed by atoms with van der Waals surface area (Å²) in [4.78, 5) is 11.9. The van der Waals surface area contributed by atoms with Gasteiger partial charge in [0.25, 0.3) is 0 Å². The lowest BCUT2D eigenvalue weighted by molar-refractivity contribution is -0.123. The van der Waals surface area contributed by atoms with Gasteiger partial charge in [-0.3, -0.25) is 9.48 Å². The van der Waals surface area contributed by atoms with E-state index in [1.165, 1.54) is 0 Å². The largest absolute Gasteiger partial charge is 0.349 e. The molecule has 0 saturated carbocycles. The average molecular weight is 252 g/mol. The van der Waals surface area contributed by atoms with Gasteiger partial charge in [0, 0.05) is 26.2 Å². The molecule has 1 rings (SSSR count). The maximum Gasteiger partial charge on any atom is 0.220 e. The molecule has 1 amide bonds. The van der Waals surface area contributed by atoms with Gasteiger partial charge in [0.1, 0.15) is 0 Å². The Hall–Kier alpha value is -1.36. The fourth-order valence-corrected chi connectivity index (χ4v) is 1.67. The van der Waals surface area contributed by atoms with Gasteiger partial charge in [0.15, 0.2) is 0 Å². The summed E-state index contributed by atoms with van der Waals surface area (Å²) in [5, 5.41) is 7.11. The van der Waals surface area contributed by atoms with Crippen LogP contribution in [-0.2, 0) is 18.3 Å². The molecule has 0 aliphatic carbocycles. The molecule has 1 atom stereocenters. The molecule has 1 aromatic rings. The number of carbonyl (C=O) groups is 1. The highest BCUT2D eigenvalue weighted by Crippen LogP contribution is 2.15. The van der Waals surface area contributed by atoms with E-state index in [-0.39, 0.29) is 11.4 Å². The third kappa shape index (κ3) is 3.84. The second-order valence-corrected chi connectivity index (χ2v) is 5.35. The number of hydrogen-bond acceptors (Lipinski definition) is 3. The topological polar surface area (TPSA) is 72.9 Å². The summed E-state index contributed by atoms with van der Waals surface area (Å²) < 4.78 is 1.74. The zero-order valence-corrected chi connectivity index (χ0v) is 11.7. The van der Waals surface area contributed by atoms with Gasteiger partial charge in [-0.05, 0) is 24.8 Å². The molecule has 0 saturated heterocycles. The Morgan fingerprint density at radius 2 is 2.28 bits per heavy atom. The van der Waals surface area contributed by atoms with Crippen LogP contribution in [0.4, 0.5) is 0 Å². The van der Waals surface area contributed by atoms with Crippen LogP contribution in [0.25, 0.3) is 0 Å². The van der Waals surface area contributed by atoms with Crippen LogP contribution in [0.3, 0.4) is 0 Å². The van der Waals surface area contributed by atoms with E-state index >= 15 is 0 Å². The lowest BCUT2D eigenvalue weighted by Gasteiger charge is -2.33. The van der Waals surface area contributed by atoms with Crippen molar-refractivity contribution in [3.63, 3.8) is 0 Å². The number of carbonyl (C=O) groups excluding carboxylic acids is 1. The van der Waals surface area contributed by atoms with Gasteiger partial charge in [-0.25, -0.2) is 0 Å². The van der Waals surface area contributed by atoms with Gasteiger partial charge < -0.3 is 11.1 Å². The molecular formula is C13H24N4O. The Labute approximate surface area is 109 Å². The number of hydrogen-bond donors (Lipinski definition) is 2. The van der Waals surface area contributed by atoms with Crippen molar-refractivity contribution in [2.75, 3.05) is 6.54 Å². The summed E-state index contributed by atoms with van der Waals surface area (Å²) in [6.07, 6.45) is 4.89. The van der Waals surface area contributed by atoms with Crippen LogP contribution in [0, 0.1) is 5.92 Å². The van der Waals surface area contributed by atoms with Gasteiger partial charge >= 0.3 is 0 Å². The minimum Gasteiger partial charge on any atom is -0.349 e.